The van der Waals surface area contributed by atoms with Crippen LogP contribution in [-0.4, -0.2) is 32.5 Å². The van der Waals surface area contributed by atoms with Crippen molar-refractivity contribution < 1.29 is 25.9 Å². The first-order chi connectivity index (χ1) is 22.9. The lowest BCUT2D eigenvalue weighted by Crippen LogP contribution is -2.03. The highest BCUT2D eigenvalue weighted by molar-refractivity contribution is 7.86. The van der Waals surface area contributed by atoms with E-state index >= 15 is 0 Å². The maximum atomic E-state index is 12.4. The molecule has 0 unspecified atom stereocenters. The molecule has 0 amide bonds. The van der Waals surface area contributed by atoms with Gasteiger partial charge in [-0.25, -0.2) is 0 Å². The SMILES string of the molecule is CCNc1cc(/N=N/c2ccc(-c3ccc(/N=N/c4cc(S(=O)(=O)O)c5ccccc5c4N)cc3)cc2)c(S(=O)(=O)O)c2ccccc12. The first-order valence-corrected chi connectivity index (χ1v) is 17.4. The van der Waals surface area contributed by atoms with Crippen molar-refractivity contribution in [3.63, 3.8) is 0 Å². The molecule has 0 bridgehead atoms. The zero-order chi connectivity index (χ0) is 34.1. The lowest BCUT2D eigenvalue weighted by molar-refractivity contribution is 0.482. The van der Waals surface area contributed by atoms with E-state index in [1.54, 1.807) is 78.9 Å². The van der Waals surface area contributed by atoms with Gasteiger partial charge in [-0.05, 0) is 54.4 Å². The minimum Gasteiger partial charge on any atom is -0.396 e. The average Bonchev–Trinajstić information content (AvgIpc) is 3.06. The molecule has 0 heterocycles. The average molecular weight is 681 g/mol. The summed E-state index contributed by atoms with van der Waals surface area (Å²) in [5.41, 5.74) is 9.88. The number of hydrogen-bond donors (Lipinski definition) is 4. The maximum absolute atomic E-state index is 12.4. The minimum atomic E-state index is -4.62. The summed E-state index contributed by atoms with van der Waals surface area (Å²) in [6.45, 7) is 2.51. The third-order valence-electron chi connectivity index (χ3n) is 7.52. The van der Waals surface area contributed by atoms with Crippen LogP contribution in [0.2, 0.25) is 0 Å². The molecule has 0 saturated heterocycles. The molecule has 48 heavy (non-hydrogen) atoms. The van der Waals surface area contributed by atoms with E-state index in [0.29, 0.717) is 39.8 Å². The van der Waals surface area contributed by atoms with Crippen LogP contribution in [0.3, 0.4) is 0 Å². The van der Waals surface area contributed by atoms with E-state index in [4.69, 9.17) is 5.73 Å². The van der Waals surface area contributed by atoms with Gasteiger partial charge in [-0.15, -0.1) is 10.2 Å². The Morgan fingerprint density at radius 3 is 1.62 bits per heavy atom. The summed E-state index contributed by atoms with van der Waals surface area (Å²) >= 11 is 0. The predicted molar refractivity (Wildman–Crippen MR) is 186 cm³/mol. The van der Waals surface area contributed by atoms with E-state index in [0.717, 1.165) is 11.1 Å². The summed E-state index contributed by atoms with van der Waals surface area (Å²) in [5, 5.41) is 21.7. The second-order valence-corrected chi connectivity index (χ2v) is 13.4. The van der Waals surface area contributed by atoms with Gasteiger partial charge in [-0.1, -0.05) is 72.8 Å². The number of fused-ring (bicyclic) bond motifs is 2. The number of anilines is 2. The smallest absolute Gasteiger partial charge is 0.297 e. The molecule has 12 nitrogen and oxygen atoms in total. The Balaban J connectivity index is 1.24. The molecule has 0 fully saturated rings. The van der Waals surface area contributed by atoms with Gasteiger partial charge in [-0.3, -0.25) is 9.11 Å². The van der Waals surface area contributed by atoms with Crippen LogP contribution < -0.4 is 11.1 Å². The van der Waals surface area contributed by atoms with E-state index in [-0.39, 0.29) is 32.2 Å². The molecule has 14 heteroatoms. The molecule has 0 aromatic heterocycles. The van der Waals surface area contributed by atoms with Crippen LogP contribution in [0.4, 0.5) is 34.1 Å². The van der Waals surface area contributed by atoms with E-state index in [2.05, 4.69) is 25.8 Å². The molecular formula is C34H28N6O6S2. The normalized spacial score (nSPS) is 12.4. The lowest BCUT2D eigenvalue weighted by Gasteiger charge is -2.13. The Bertz CT molecular complexity index is 2470. The maximum Gasteiger partial charge on any atom is 0.297 e. The summed E-state index contributed by atoms with van der Waals surface area (Å²) in [6.07, 6.45) is 0. The zero-order valence-corrected chi connectivity index (χ0v) is 26.9. The van der Waals surface area contributed by atoms with Gasteiger partial charge in [0.05, 0.1) is 17.1 Å². The van der Waals surface area contributed by atoms with Gasteiger partial charge >= 0.3 is 0 Å². The fraction of sp³-hybridized carbons (Fsp3) is 0.0588. The van der Waals surface area contributed by atoms with Crippen LogP contribution in [0, 0.1) is 0 Å². The summed E-state index contributed by atoms with van der Waals surface area (Å²) in [5.74, 6) is 0. The van der Waals surface area contributed by atoms with Gasteiger partial charge in [0.15, 0.2) is 0 Å². The molecular weight excluding hydrogens is 653 g/mol. The van der Waals surface area contributed by atoms with Gasteiger partial charge in [0.2, 0.25) is 0 Å². The molecule has 0 saturated carbocycles. The fourth-order valence-electron chi connectivity index (χ4n) is 5.33. The van der Waals surface area contributed by atoms with Crippen molar-refractivity contribution in [2.45, 2.75) is 16.7 Å². The highest BCUT2D eigenvalue weighted by Crippen LogP contribution is 2.39. The van der Waals surface area contributed by atoms with Crippen molar-refractivity contribution in [1.29, 1.82) is 0 Å². The molecule has 6 rings (SSSR count). The van der Waals surface area contributed by atoms with Gasteiger partial charge in [-0.2, -0.15) is 27.1 Å². The van der Waals surface area contributed by atoms with Crippen molar-refractivity contribution in [2.24, 2.45) is 20.5 Å². The van der Waals surface area contributed by atoms with Crippen LogP contribution in [0.5, 0.6) is 0 Å². The van der Waals surface area contributed by atoms with E-state index in [1.807, 2.05) is 31.2 Å². The molecule has 0 spiro atoms. The molecule has 5 N–H and O–H groups in total. The number of nitrogens with one attached hydrogen (secondary N) is 1. The number of nitrogen functional groups attached to an aromatic ring is 1. The number of nitrogens with two attached hydrogens (primary N) is 1. The molecule has 6 aromatic carbocycles. The molecule has 0 aliphatic heterocycles. The van der Waals surface area contributed by atoms with Crippen LogP contribution >= 0.6 is 0 Å². The Morgan fingerprint density at radius 2 is 1.10 bits per heavy atom. The van der Waals surface area contributed by atoms with Gasteiger partial charge in [0, 0.05) is 33.8 Å². The fourth-order valence-corrected chi connectivity index (χ4v) is 6.86. The number of nitrogens with zero attached hydrogens (tertiary/aromatic N) is 4. The van der Waals surface area contributed by atoms with E-state index in [9.17, 15) is 25.9 Å². The monoisotopic (exact) mass is 680 g/mol. The third kappa shape index (κ3) is 6.63. The molecule has 0 radical (unpaired) electrons. The van der Waals surface area contributed by atoms with Crippen LogP contribution in [0.25, 0.3) is 32.7 Å². The molecule has 0 aliphatic rings. The molecule has 6 aromatic rings. The van der Waals surface area contributed by atoms with Crippen molar-refractivity contribution in [3.8, 4) is 11.1 Å². The molecule has 242 valence electrons. The predicted octanol–water partition coefficient (Wildman–Crippen LogP) is 9.00. The van der Waals surface area contributed by atoms with Gasteiger partial charge in [0.1, 0.15) is 21.2 Å². The molecule has 0 aliphatic carbocycles. The van der Waals surface area contributed by atoms with Gasteiger partial charge in [0.25, 0.3) is 20.2 Å². The second-order valence-electron chi connectivity index (χ2n) is 10.6. The molecule has 0 atom stereocenters. The first-order valence-electron chi connectivity index (χ1n) is 14.5. The van der Waals surface area contributed by atoms with Crippen LogP contribution in [-0.2, 0) is 20.2 Å². The standard InChI is InChI=1S/C34H28N6O6S2/c1-2-36-29-19-31(34(48(44,45)46)28-10-6-3-7-25(28)29)40-38-24-17-13-22(14-18-24)21-11-15-23(16-12-21)37-39-30-20-32(47(41,42)43)26-8-4-5-9-27(26)33(30)35/h3-20,36H,2,35H2,1H3,(H,41,42,43)(H,44,45,46)/b39-37+,40-38+. The number of hydrogen-bond acceptors (Lipinski definition) is 10. The van der Waals surface area contributed by atoms with Crippen molar-refractivity contribution in [2.75, 3.05) is 17.6 Å². The summed E-state index contributed by atoms with van der Waals surface area (Å²) in [4.78, 5) is -0.631. The lowest BCUT2D eigenvalue weighted by atomic mass is 10.1. The summed E-state index contributed by atoms with van der Waals surface area (Å²) < 4.78 is 68.6. The Morgan fingerprint density at radius 1 is 0.604 bits per heavy atom. The van der Waals surface area contributed by atoms with Gasteiger partial charge < -0.3 is 11.1 Å². The largest absolute Gasteiger partial charge is 0.396 e. The topological polar surface area (TPSA) is 196 Å². The van der Waals surface area contributed by atoms with Crippen LogP contribution in [0.15, 0.2) is 139 Å². The Labute approximate surface area is 276 Å². The van der Waals surface area contributed by atoms with Crippen LogP contribution in [0.1, 0.15) is 6.92 Å². The number of benzene rings is 6. The van der Waals surface area contributed by atoms with E-state index in [1.165, 1.54) is 6.07 Å². The number of rotatable bonds is 9. The Kier molecular flexibility index (Phi) is 8.73. The highest BCUT2D eigenvalue weighted by Gasteiger charge is 2.22. The third-order valence-corrected chi connectivity index (χ3v) is 9.36. The van der Waals surface area contributed by atoms with Crippen molar-refractivity contribution >= 4 is 75.9 Å². The zero-order valence-electron chi connectivity index (χ0n) is 25.3. The Hall–Kier alpha value is -5.54. The van der Waals surface area contributed by atoms with Crippen molar-refractivity contribution in [3.05, 3.63) is 109 Å². The number of azo groups is 2. The van der Waals surface area contributed by atoms with Crippen molar-refractivity contribution in [1.82, 2.24) is 0 Å². The highest BCUT2D eigenvalue weighted by atomic mass is 32.2. The summed E-state index contributed by atoms with van der Waals surface area (Å²) in [6, 6.07) is 30.3. The van der Waals surface area contributed by atoms with E-state index < -0.39 is 20.2 Å². The summed E-state index contributed by atoms with van der Waals surface area (Å²) in [7, 11) is -9.15. The minimum absolute atomic E-state index is 0.000587. The second kappa shape index (κ2) is 12.9. The quantitative estimate of drug-likeness (QED) is 0.0659. The first kappa shape index (κ1) is 32.4.